The van der Waals surface area contributed by atoms with Crippen molar-refractivity contribution in [3.63, 3.8) is 0 Å². The van der Waals surface area contributed by atoms with E-state index in [-0.39, 0.29) is 24.2 Å². The summed E-state index contributed by atoms with van der Waals surface area (Å²) in [5, 5.41) is 3.31. The van der Waals surface area contributed by atoms with Gasteiger partial charge in [0.2, 0.25) is 12.7 Å². The van der Waals surface area contributed by atoms with Gasteiger partial charge in [0.1, 0.15) is 0 Å². The maximum atomic E-state index is 13.2. The first kappa shape index (κ1) is 20.3. The fraction of sp³-hybridized carbons (Fsp3) is 0.480. The molecule has 3 heterocycles. The van der Waals surface area contributed by atoms with E-state index in [0.29, 0.717) is 19.8 Å². The first-order valence-corrected chi connectivity index (χ1v) is 11.3. The molecule has 2 fully saturated rings. The van der Waals surface area contributed by atoms with Crippen LogP contribution in [0.15, 0.2) is 48.5 Å². The average molecular weight is 423 g/mol. The Bertz CT molecular complexity index is 911. The molecule has 0 aromatic heterocycles. The zero-order chi connectivity index (χ0) is 21.1. The third-order valence-electron chi connectivity index (χ3n) is 6.93. The van der Waals surface area contributed by atoms with Gasteiger partial charge in [-0.15, -0.1) is 0 Å². The Balaban J connectivity index is 1.28. The van der Waals surface area contributed by atoms with Crippen LogP contribution in [-0.2, 0) is 21.5 Å². The highest BCUT2D eigenvalue weighted by molar-refractivity contribution is 5.82. The summed E-state index contributed by atoms with van der Waals surface area (Å²) >= 11 is 0. The Morgan fingerprint density at radius 1 is 1.06 bits per heavy atom. The lowest BCUT2D eigenvalue weighted by atomic mass is 9.74. The molecular formula is C25H30N2O4. The molecule has 3 aliphatic rings. The second-order valence-electron chi connectivity index (χ2n) is 8.79. The van der Waals surface area contributed by atoms with E-state index in [0.717, 1.165) is 50.3 Å². The summed E-state index contributed by atoms with van der Waals surface area (Å²) in [5.74, 6) is 1.72. The van der Waals surface area contributed by atoms with E-state index in [2.05, 4.69) is 46.6 Å². The maximum Gasteiger partial charge on any atom is 0.237 e. The van der Waals surface area contributed by atoms with Crippen LogP contribution in [0.1, 0.15) is 36.8 Å². The molecule has 6 heteroatoms. The third-order valence-corrected chi connectivity index (χ3v) is 6.93. The van der Waals surface area contributed by atoms with Crippen LogP contribution >= 0.6 is 0 Å². The number of likely N-dealkylation sites (tertiary alicyclic amines) is 1. The summed E-state index contributed by atoms with van der Waals surface area (Å²) in [6, 6.07) is 16.5. The predicted octanol–water partition coefficient (Wildman–Crippen LogP) is 3.24. The van der Waals surface area contributed by atoms with Crippen molar-refractivity contribution >= 4 is 5.91 Å². The van der Waals surface area contributed by atoms with Crippen LogP contribution in [0.3, 0.4) is 0 Å². The molecule has 2 aromatic carbocycles. The number of amides is 1. The van der Waals surface area contributed by atoms with Crippen molar-refractivity contribution < 1.29 is 19.0 Å². The maximum absolute atomic E-state index is 13.2. The van der Waals surface area contributed by atoms with Crippen LogP contribution < -0.4 is 14.8 Å². The minimum absolute atomic E-state index is 0.0612. The number of rotatable bonds is 6. The lowest BCUT2D eigenvalue weighted by molar-refractivity contribution is -0.126. The predicted molar refractivity (Wildman–Crippen MR) is 117 cm³/mol. The molecule has 0 saturated carbocycles. The molecule has 1 N–H and O–H groups in total. The van der Waals surface area contributed by atoms with E-state index in [1.807, 2.05) is 12.1 Å². The lowest BCUT2D eigenvalue weighted by Gasteiger charge is -2.38. The van der Waals surface area contributed by atoms with E-state index in [9.17, 15) is 4.79 Å². The van der Waals surface area contributed by atoms with Crippen LogP contribution in [0.2, 0.25) is 0 Å². The number of benzene rings is 2. The van der Waals surface area contributed by atoms with Gasteiger partial charge in [-0.3, -0.25) is 9.69 Å². The molecule has 6 nitrogen and oxygen atoms in total. The normalized spacial score (nSPS) is 22.4. The highest BCUT2D eigenvalue weighted by atomic mass is 16.7. The van der Waals surface area contributed by atoms with E-state index < -0.39 is 0 Å². The van der Waals surface area contributed by atoms with Crippen molar-refractivity contribution in [2.24, 2.45) is 0 Å². The molecule has 0 radical (unpaired) electrons. The smallest absolute Gasteiger partial charge is 0.237 e. The lowest BCUT2D eigenvalue weighted by Crippen LogP contribution is -2.49. The Hall–Kier alpha value is -2.57. The van der Waals surface area contributed by atoms with Gasteiger partial charge in [0.25, 0.3) is 0 Å². The summed E-state index contributed by atoms with van der Waals surface area (Å²) < 4.78 is 16.7. The highest BCUT2D eigenvalue weighted by Crippen LogP contribution is 2.40. The fourth-order valence-electron chi connectivity index (χ4n) is 5.06. The Labute approximate surface area is 183 Å². The SMILES string of the molecule is O=C(NCC1(c2ccc3c(c2)OCO3)CCOCC1)C1CCCN1Cc1ccccc1. The number of nitrogens with zero attached hydrogens (tertiary/aromatic N) is 1. The highest BCUT2D eigenvalue weighted by Gasteiger charge is 2.38. The third kappa shape index (κ3) is 4.27. The molecule has 2 aromatic rings. The molecule has 1 unspecified atom stereocenters. The van der Waals surface area contributed by atoms with Gasteiger partial charge in [0, 0.05) is 31.7 Å². The molecule has 0 bridgehead atoms. The van der Waals surface area contributed by atoms with Gasteiger partial charge in [-0.25, -0.2) is 0 Å². The number of hydrogen-bond donors (Lipinski definition) is 1. The van der Waals surface area contributed by atoms with Crippen molar-refractivity contribution in [2.45, 2.75) is 43.7 Å². The molecule has 2 saturated heterocycles. The molecule has 31 heavy (non-hydrogen) atoms. The molecule has 1 atom stereocenters. The number of nitrogens with one attached hydrogen (secondary N) is 1. The Morgan fingerprint density at radius 3 is 2.71 bits per heavy atom. The Kier molecular flexibility index (Phi) is 5.83. The van der Waals surface area contributed by atoms with E-state index in [1.165, 1.54) is 11.1 Å². The largest absolute Gasteiger partial charge is 0.454 e. The first-order chi connectivity index (χ1) is 15.2. The molecule has 5 rings (SSSR count). The number of carbonyl (C=O) groups excluding carboxylic acids is 1. The second-order valence-corrected chi connectivity index (χ2v) is 8.79. The van der Waals surface area contributed by atoms with Crippen molar-refractivity contribution in [2.75, 3.05) is 33.1 Å². The fourth-order valence-corrected chi connectivity index (χ4v) is 5.06. The zero-order valence-electron chi connectivity index (χ0n) is 17.8. The average Bonchev–Trinajstić information content (AvgIpc) is 3.48. The van der Waals surface area contributed by atoms with Crippen molar-refractivity contribution in [1.29, 1.82) is 0 Å². The molecule has 0 aliphatic carbocycles. The quantitative estimate of drug-likeness (QED) is 0.775. The Morgan fingerprint density at radius 2 is 1.87 bits per heavy atom. The summed E-state index contributed by atoms with van der Waals surface area (Å²) in [7, 11) is 0. The monoisotopic (exact) mass is 422 g/mol. The molecule has 164 valence electrons. The van der Waals surface area contributed by atoms with Crippen LogP contribution in [0.5, 0.6) is 11.5 Å². The molecule has 3 aliphatic heterocycles. The van der Waals surface area contributed by atoms with Crippen molar-refractivity contribution in [3.05, 3.63) is 59.7 Å². The summed E-state index contributed by atoms with van der Waals surface area (Å²) in [6.07, 6.45) is 3.74. The number of ether oxygens (including phenoxy) is 3. The van der Waals surface area contributed by atoms with Gasteiger partial charge < -0.3 is 19.5 Å². The van der Waals surface area contributed by atoms with Crippen LogP contribution in [0, 0.1) is 0 Å². The summed E-state index contributed by atoms with van der Waals surface area (Å²) in [6.45, 7) is 4.07. The minimum atomic E-state index is -0.141. The summed E-state index contributed by atoms with van der Waals surface area (Å²) in [4.78, 5) is 15.5. The molecular weight excluding hydrogens is 392 g/mol. The van der Waals surface area contributed by atoms with E-state index in [4.69, 9.17) is 14.2 Å². The number of carbonyl (C=O) groups is 1. The van der Waals surface area contributed by atoms with Crippen LogP contribution in [0.4, 0.5) is 0 Å². The first-order valence-electron chi connectivity index (χ1n) is 11.3. The van der Waals surface area contributed by atoms with Gasteiger partial charge in [0.05, 0.1) is 6.04 Å². The van der Waals surface area contributed by atoms with Gasteiger partial charge in [0.15, 0.2) is 11.5 Å². The van der Waals surface area contributed by atoms with Crippen molar-refractivity contribution in [1.82, 2.24) is 10.2 Å². The summed E-state index contributed by atoms with van der Waals surface area (Å²) in [5.41, 5.74) is 2.30. The van der Waals surface area contributed by atoms with Gasteiger partial charge in [-0.05, 0) is 55.5 Å². The van der Waals surface area contributed by atoms with Crippen molar-refractivity contribution in [3.8, 4) is 11.5 Å². The van der Waals surface area contributed by atoms with Gasteiger partial charge >= 0.3 is 0 Å². The standard InChI is InChI=1S/C25H30N2O4/c28-24(21-7-4-12-27(21)16-19-5-2-1-3-6-19)26-17-25(10-13-29-14-11-25)20-8-9-22-23(15-20)31-18-30-22/h1-3,5-6,8-9,15,21H,4,7,10-14,16-18H2,(H,26,28). The minimum Gasteiger partial charge on any atom is -0.454 e. The number of fused-ring (bicyclic) bond motifs is 1. The molecule has 0 spiro atoms. The van der Waals surface area contributed by atoms with Gasteiger partial charge in [-0.1, -0.05) is 36.4 Å². The second kappa shape index (κ2) is 8.89. The van der Waals surface area contributed by atoms with Gasteiger partial charge in [-0.2, -0.15) is 0 Å². The van der Waals surface area contributed by atoms with E-state index >= 15 is 0 Å². The number of hydrogen-bond acceptors (Lipinski definition) is 5. The van der Waals surface area contributed by atoms with Crippen LogP contribution in [0.25, 0.3) is 0 Å². The molecule has 1 amide bonds. The van der Waals surface area contributed by atoms with Crippen LogP contribution in [-0.4, -0.2) is 49.9 Å². The topological polar surface area (TPSA) is 60.0 Å². The van der Waals surface area contributed by atoms with E-state index in [1.54, 1.807) is 0 Å². The zero-order valence-corrected chi connectivity index (χ0v) is 17.8.